The quantitative estimate of drug-likeness (QED) is 0.695. The van der Waals surface area contributed by atoms with Crippen LogP contribution < -0.4 is 0 Å². The highest BCUT2D eigenvalue weighted by molar-refractivity contribution is 5.57. The molecule has 2 heteroatoms. The van der Waals surface area contributed by atoms with E-state index in [-0.39, 0.29) is 5.92 Å². The van der Waals surface area contributed by atoms with Gasteiger partial charge in [-0.25, -0.2) is 0 Å². The molecule has 0 aromatic carbocycles. The average molecular weight is 224 g/mol. The van der Waals surface area contributed by atoms with Gasteiger partial charge >= 0.3 is 0 Å². The second kappa shape index (κ2) is 3.83. The maximum atomic E-state index is 11.3. The van der Waals surface area contributed by atoms with Gasteiger partial charge in [-0.15, -0.1) is 0 Å². The van der Waals surface area contributed by atoms with Crippen molar-refractivity contribution in [2.45, 2.75) is 58.5 Å². The molecule has 2 rings (SSSR count). The Labute approximate surface area is 98.4 Å². The third kappa shape index (κ3) is 1.81. The van der Waals surface area contributed by atoms with Crippen molar-refractivity contribution in [2.24, 2.45) is 23.2 Å². The van der Waals surface area contributed by atoms with Crippen LogP contribution in [0.15, 0.2) is 0 Å². The molecule has 0 heterocycles. The lowest BCUT2D eigenvalue weighted by Crippen LogP contribution is -2.52. The van der Waals surface area contributed by atoms with Gasteiger partial charge in [-0.3, -0.25) is 0 Å². The van der Waals surface area contributed by atoms with Gasteiger partial charge in [-0.1, -0.05) is 20.3 Å². The highest BCUT2D eigenvalue weighted by Crippen LogP contribution is 2.54. The zero-order valence-electron chi connectivity index (χ0n) is 10.7. The molecule has 2 aliphatic carbocycles. The van der Waals surface area contributed by atoms with Crippen LogP contribution in [0.2, 0.25) is 0 Å². The minimum Gasteiger partial charge on any atom is -0.389 e. The van der Waals surface area contributed by atoms with Crippen molar-refractivity contribution in [3.63, 3.8) is 0 Å². The van der Waals surface area contributed by atoms with E-state index in [1.165, 1.54) is 12.8 Å². The maximum absolute atomic E-state index is 11.3. The molecule has 0 amide bonds. The van der Waals surface area contributed by atoms with Gasteiger partial charge in [0.25, 0.3) is 0 Å². The number of aldehydes is 1. The SMILES string of the molecule is CC1(C)CCCC2C1CCC(C)(O)C2C=O. The van der Waals surface area contributed by atoms with Crippen LogP contribution in [-0.2, 0) is 4.79 Å². The third-order valence-electron chi connectivity index (χ3n) is 5.17. The second-order valence-corrected chi connectivity index (χ2v) is 6.71. The average Bonchev–Trinajstić information content (AvgIpc) is 2.15. The van der Waals surface area contributed by atoms with Crippen molar-refractivity contribution in [1.29, 1.82) is 0 Å². The van der Waals surface area contributed by atoms with E-state index in [0.29, 0.717) is 17.3 Å². The Kier molecular flexibility index (Phi) is 2.90. The van der Waals surface area contributed by atoms with Gasteiger partial charge in [-0.05, 0) is 49.9 Å². The van der Waals surface area contributed by atoms with Gasteiger partial charge in [0.05, 0.1) is 5.60 Å². The predicted molar refractivity (Wildman–Crippen MR) is 64.0 cm³/mol. The molecular weight excluding hydrogens is 200 g/mol. The van der Waals surface area contributed by atoms with Crippen molar-refractivity contribution >= 4 is 6.29 Å². The number of hydrogen-bond donors (Lipinski definition) is 1. The highest BCUT2D eigenvalue weighted by atomic mass is 16.3. The minimum absolute atomic E-state index is 0.147. The van der Waals surface area contributed by atoms with Crippen molar-refractivity contribution in [1.82, 2.24) is 0 Å². The molecule has 0 radical (unpaired) electrons. The van der Waals surface area contributed by atoms with Crippen LogP contribution in [0.5, 0.6) is 0 Å². The normalized spacial score (nSPS) is 47.1. The molecule has 0 saturated heterocycles. The van der Waals surface area contributed by atoms with Gasteiger partial charge in [0.1, 0.15) is 6.29 Å². The first-order chi connectivity index (χ1) is 7.38. The number of carbonyl (C=O) groups excluding carboxylic acids is 1. The molecule has 16 heavy (non-hydrogen) atoms. The molecular formula is C14H24O2. The molecule has 4 unspecified atom stereocenters. The Morgan fingerprint density at radius 2 is 1.88 bits per heavy atom. The molecule has 0 aromatic rings. The first-order valence-electron chi connectivity index (χ1n) is 6.56. The molecule has 2 saturated carbocycles. The van der Waals surface area contributed by atoms with Gasteiger partial charge in [-0.2, -0.15) is 0 Å². The Hall–Kier alpha value is -0.370. The molecule has 1 N–H and O–H groups in total. The Morgan fingerprint density at radius 1 is 1.19 bits per heavy atom. The van der Waals surface area contributed by atoms with Crippen LogP contribution in [0.25, 0.3) is 0 Å². The maximum Gasteiger partial charge on any atom is 0.126 e. The fraction of sp³-hybridized carbons (Fsp3) is 0.929. The van der Waals surface area contributed by atoms with E-state index in [4.69, 9.17) is 0 Å². The monoisotopic (exact) mass is 224 g/mol. The van der Waals surface area contributed by atoms with Crippen molar-refractivity contribution in [3.05, 3.63) is 0 Å². The summed E-state index contributed by atoms with van der Waals surface area (Å²) in [4.78, 5) is 11.3. The lowest BCUT2D eigenvalue weighted by molar-refractivity contribution is -0.141. The van der Waals surface area contributed by atoms with Crippen molar-refractivity contribution in [2.75, 3.05) is 0 Å². The topological polar surface area (TPSA) is 37.3 Å². The fourth-order valence-electron chi connectivity index (χ4n) is 4.12. The number of aliphatic hydroxyl groups is 1. The summed E-state index contributed by atoms with van der Waals surface area (Å²) >= 11 is 0. The van der Waals surface area contributed by atoms with E-state index < -0.39 is 5.60 Å². The largest absolute Gasteiger partial charge is 0.389 e. The zero-order valence-corrected chi connectivity index (χ0v) is 10.7. The summed E-state index contributed by atoms with van der Waals surface area (Å²) in [5.41, 5.74) is -0.420. The molecule has 2 nitrogen and oxygen atoms in total. The Bertz CT molecular complexity index is 280. The zero-order chi connectivity index (χ0) is 12.0. The minimum atomic E-state index is -0.768. The smallest absolute Gasteiger partial charge is 0.126 e. The molecule has 2 aliphatic rings. The third-order valence-corrected chi connectivity index (χ3v) is 5.17. The Morgan fingerprint density at radius 3 is 2.50 bits per heavy atom. The lowest BCUT2D eigenvalue weighted by Gasteiger charge is -2.53. The summed E-state index contributed by atoms with van der Waals surface area (Å²) in [6, 6.07) is 0. The first kappa shape index (κ1) is 12.1. The highest BCUT2D eigenvalue weighted by Gasteiger charge is 2.51. The second-order valence-electron chi connectivity index (χ2n) is 6.71. The molecule has 0 bridgehead atoms. The van der Waals surface area contributed by atoms with Crippen LogP contribution in [0, 0.1) is 23.2 Å². The molecule has 0 aromatic heterocycles. The number of fused-ring (bicyclic) bond motifs is 1. The van der Waals surface area contributed by atoms with Crippen LogP contribution in [-0.4, -0.2) is 17.0 Å². The van der Waals surface area contributed by atoms with Gasteiger partial charge in [0.15, 0.2) is 0 Å². The predicted octanol–water partition coefficient (Wildman–Crippen LogP) is 2.79. The molecule has 0 spiro atoms. The van der Waals surface area contributed by atoms with Gasteiger partial charge < -0.3 is 9.90 Å². The summed E-state index contributed by atoms with van der Waals surface area (Å²) in [6.45, 7) is 6.49. The van der Waals surface area contributed by atoms with Crippen molar-refractivity contribution in [3.8, 4) is 0 Å². The standard InChI is InChI=1S/C14H24O2/c1-13(2)7-4-5-10-11(13)6-8-14(3,16)12(10)9-15/h9-12,16H,4-8H2,1-3H3. The Balaban J connectivity index is 2.27. The number of carbonyl (C=O) groups is 1. The van der Waals surface area contributed by atoms with E-state index in [9.17, 15) is 9.90 Å². The first-order valence-corrected chi connectivity index (χ1v) is 6.56. The van der Waals surface area contributed by atoms with Crippen LogP contribution in [0.4, 0.5) is 0 Å². The molecule has 2 fully saturated rings. The molecule has 92 valence electrons. The summed E-state index contributed by atoms with van der Waals surface area (Å²) in [5.74, 6) is 0.882. The van der Waals surface area contributed by atoms with Gasteiger partial charge in [0, 0.05) is 5.92 Å². The van der Waals surface area contributed by atoms with E-state index >= 15 is 0 Å². The molecule has 4 atom stereocenters. The van der Waals surface area contributed by atoms with Crippen LogP contribution in [0.3, 0.4) is 0 Å². The fourth-order valence-corrected chi connectivity index (χ4v) is 4.12. The van der Waals surface area contributed by atoms with E-state index in [0.717, 1.165) is 25.5 Å². The van der Waals surface area contributed by atoms with Crippen LogP contribution >= 0.6 is 0 Å². The van der Waals surface area contributed by atoms with E-state index in [1.807, 2.05) is 6.92 Å². The number of rotatable bonds is 1. The summed E-state index contributed by atoms with van der Waals surface area (Å²) < 4.78 is 0. The summed E-state index contributed by atoms with van der Waals surface area (Å²) in [6.07, 6.45) is 6.46. The van der Waals surface area contributed by atoms with E-state index in [1.54, 1.807) is 0 Å². The summed E-state index contributed by atoms with van der Waals surface area (Å²) in [5, 5.41) is 10.3. The van der Waals surface area contributed by atoms with Crippen LogP contribution in [0.1, 0.15) is 52.9 Å². The lowest BCUT2D eigenvalue weighted by atomic mass is 9.53. The van der Waals surface area contributed by atoms with Crippen molar-refractivity contribution < 1.29 is 9.90 Å². The molecule has 0 aliphatic heterocycles. The van der Waals surface area contributed by atoms with Gasteiger partial charge in [0.2, 0.25) is 0 Å². The van der Waals surface area contributed by atoms with E-state index in [2.05, 4.69) is 13.8 Å². The summed E-state index contributed by atoms with van der Waals surface area (Å²) in [7, 11) is 0. The number of hydrogen-bond acceptors (Lipinski definition) is 2.